The van der Waals surface area contributed by atoms with E-state index >= 15 is 0 Å². The van der Waals surface area contributed by atoms with Crippen LogP contribution in [0, 0.1) is 11.8 Å². The second-order valence-corrected chi connectivity index (χ2v) is 10.6. The Kier molecular flexibility index (Phi) is 6.75. The van der Waals surface area contributed by atoms with Gasteiger partial charge in [0.05, 0.1) is 11.6 Å². The van der Waals surface area contributed by atoms with Crippen LogP contribution in [0.1, 0.15) is 60.6 Å². The summed E-state index contributed by atoms with van der Waals surface area (Å²) >= 11 is 0. The molecule has 1 heterocycles. The number of rotatable bonds is 5. The van der Waals surface area contributed by atoms with E-state index in [-0.39, 0.29) is 30.5 Å². The van der Waals surface area contributed by atoms with Gasteiger partial charge in [-0.2, -0.15) is 0 Å². The maximum Gasteiger partial charge on any atom is 0.573 e. The number of aliphatic hydroxyl groups is 3. The Hall–Kier alpha value is -3.42. The third-order valence-corrected chi connectivity index (χ3v) is 8.36. The summed E-state index contributed by atoms with van der Waals surface area (Å²) in [6.07, 6.45) is -4.49. The normalized spacial score (nSPS) is 30.2. The quantitative estimate of drug-likeness (QED) is 0.292. The number of aliphatic hydroxyl groups excluding tert-OH is 2. The number of likely N-dealkylation sites (N-methyl/N-ethyl adjacent to an activating group) is 1. The summed E-state index contributed by atoms with van der Waals surface area (Å²) in [4.78, 5) is 39.4. The molecule has 0 amide bonds. The Bertz CT molecular complexity index is 1380. The lowest BCUT2D eigenvalue weighted by atomic mass is 9.58. The van der Waals surface area contributed by atoms with Gasteiger partial charge in [-0.15, -0.1) is 13.2 Å². The minimum absolute atomic E-state index is 0.0351. The molecule has 0 radical (unpaired) electrons. The molecule has 1 fully saturated rings. The largest absolute Gasteiger partial charge is 0.573 e. The fourth-order valence-electron chi connectivity index (χ4n) is 6.75. The van der Waals surface area contributed by atoms with Crippen LogP contribution in [0.5, 0.6) is 11.5 Å². The molecule has 3 aliphatic carbocycles. The summed E-state index contributed by atoms with van der Waals surface area (Å²) in [6, 6.07) is -0.715. The van der Waals surface area contributed by atoms with Crippen molar-refractivity contribution in [2.24, 2.45) is 11.8 Å². The number of carbonyl (C=O) groups is 3. The SMILES string of the molecule is CCN[C@@H]1C(O)=C(C(C)=O)C(=O)[C@@]2(O)C(O)=C3C(=O)c4c(O)cc(C5CCCN5)c(OC(F)(F)F)c4C[C@H]3C[C@@H]12. The van der Waals surface area contributed by atoms with E-state index in [4.69, 9.17) is 0 Å². The van der Waals surface area contributed by atoms with Gasteiger partial charge < -0.3 is 35.8 Å². The van der Waals surface area contributed by atoms with Gasteiger partial charge in [0.15, 0.2) is 17.2 Å². The molecule has 1 aromatic carbocycles. The lowest BCUT2D eigenvalue weighted by molar-refractivity contribution is -0.275. The van der Waals surface area contributed by atoms with E-state index < -0.39 is 93.0 Å². The van der Waals surface area contributed by atoms with Crippen molar-refractivity contribution in [1.82, 2.24) is 10.6 Å². The van der Waals surface area contributed by atoms with Crippen LogP contribution >= 0.6 is 0 Å². The molecule has 1 aromatic rings. The number of halogens is 3. The first kappa shape index (κ1) is 28.1. The highest BCUT2D eigenvalue weighted by atomic mass is 19.4. The van der Waals surface area contributed by atoms with Crippen LogP contribution < -0.4 is 15.4 Å². The zero-order valence-electron chi connectivity index (χ0n) is 21.7. The van der Waals surface area contributed by atoms with E-state index in [9.17, 15) is 48.0 Å². The zero-order valence-corrected chi connectivity index (χ0v) is 21.7. The molecule has 0 bridgehead atoms. The van der Waals surface area contributed by atoms with Crippen molar-refractivity contribution in [3.05, 3.63) is 45.4 Å². The van der Waals surface area contributed by atoms with Crippen LogP contribution in [-0.4, -0.2) is 68.9 Å². The number of nitrogens with one attached hydrogen (secondary N) is 2. The summed E-state index contributed by atoms with van der Waals surface area (Å²) in [5.74, 6) is -8.42. The van der Waals surface area contributed by atoms with Gasteiger partial charge in [0, 0.05) is 28.7 Å². The molecular weight excluding hydrogens is 537 g/mol. The summed E-state index contributed by atoms with van der Waals surface area (Å²) in [5.41, 5.74) is -4.64. The van der Waals surface area contributed by atoms with Gasteiger partial charge in [0.2, 0.25) is 5.78 Å². The number of ether oxygens (including phenoxy) is 1. The van der Waals surface area contributed by atoms with Crippen molar-refractivity contribution in [1.29, 1.82) is 0 Å². The predicted octanol–water partition coefficient (Wildman–Crippen LogP) is 2.60. The van der Waals surface area contributed by atoms with Gasteiger partial charge in [0.25, 0.3) is 0 Å². The highest BCUT2D eigenvalue weighted by Gasteiger charge is 2.62. The Labute approximate surface area is 226 Å². The summed E-state index contributed by atoms with van der Waals surface area (Å²) < 4.78 is 45.2. The van der Waals surface area contributed by atoms with Gasteiger partial charge in [0.1, 0.15) is 28.6 Å². The fourth-order valence-corrected chi connectivity index (χ4v) is 6.75. The van der Waals surface area contributed by atoms with Crippen LogP contribution in [0.15, 0.2) is 28.7 Å². The maximum atomic E-state index is 13.7. The fraction of sp³-hybridized carbons (Fsp3) is 0.519. The van der Waals surface area contributed by atoms with Crippen molar-refractivity contribution in [2.45, 2.75) is 63.6 Å². The second kappa shape index (κ2) is 9.60. The van der Waals surface area contributed by atoms with Crippen LogP contribution in [0.2, 0.25) is 0 Å². The lowest BCUT2D eigenvalue weighted by Crippen LogP contribution is -2.63. The van der Waals surface area contributed by atoms with Crippen molar-refractivity contribution in [3.63, 3.8) is 0 Å². The Morgan fingerprint density at radius 1 is 1.25 bits per heavy atom. The molecule has 13 heteroatoms. The average Bonchev–Trinajstić information content (AvgIpc) is 3.39. The molecule has 6 N–H and O–H groups in total. The summed E-state index contributed by atoms with van der Waals surface area (Å²) in [5, 5.41) is 50.6. The van der Waals surface area contributed by atoms with Crippen LogP contribution in [-0.2, 0) is 16.0 Å². The number of alkyl halides is 3. The topological polar surface area (TPSA) is 165 Å². The average molecular weight is 567 g/mol. The number of carbonyl (C=O) groups excluding carboxylic acids is 3. The molecule has 5 rings (SSSR count). The first-order valence-electron chi connectivity index (χ1n) is 13.0. The van der Waals surface area contributed by atoms with E-state index in [1.807, 2.05) is 0 Å². The Balaban J connectivity index is 1.71. The van der Waals surface area contributed by atoms with Gasteiger partial charge in [-0.1, -0.05) is 6.92 Å². The number of phenols is 1. The molecule has 1 aliphatic heterocycles. The minimum atomic E-state index is -5.11. The van der Waals surface area contributed by atoms with E-state index in [2.05, 4.69) is 15.4 Å². The number of phenolic OH excluding ortho intramolecular Hbond substituents is 1. The number of allylic oxidation sites excluding steroid dienone is 1. The Morgan fingerprint density at radius 3 is 2.52 bits per heavy atom. The number of hydrogen-bond donors (Lipinski definition) is 6. The van der Waals surface area contributed by atoms with E-state index in [0.717, 1.165) is 13.0 Å². The van der Waals surface area contributed by atoms with Crippen molar-refractivity contribution < 1.29 is 52.7 Å². The maximum absolute atomic E-state index is 13.7. The van der Waals surface area contributed by atoms with Gasteiger partial charge in [-0.25, -0.2) is 0 Å². The van der Waals surface area contributed by atoms with Gasteiger partial charge in [-0.05, 0) is 57.7 Å². The van der Waals surface area contributed by atoms with E-state index in [1.54, 1.807) is 6.92 Å². The first-order chi connectivity index (χ1) is 18.7. The highest BCUT2D eigenvalue weighted by molar-refractivity contribution is 6.25. The molecule has 0 saturated carbocycles. The molecule has 5 atom stereocenters. The lowest BCUT2D eigenvalue weighted by Gasteiger charge is -2.49. The predicted molar refractivity (Wildman–Crippen MR) is 132 cm³/mol. The third kappa shape index (κ3) is 4.10. The third-order valence-electron chi connectivity index (χ3n) is 8.36. The van der Waals surface area contributed by atoms with Crippen molar-refractivity contribution in [2.75, 3.05) is 13.1 Å². The van der Waals surface area contributed by atoms with E-state index in [0.29, 0.717) is 19.4 Å². The molecule has 4 aliphatic rings. The highest BCUT2D eigenvalue weighted by Crippen LogP contribution is 2.54. The first-order valence-corrected chi connectivity index (χ1v) is 13.0. The number of hydrogen-bond acceptors (Lipinski definition) is 10. The number of Topliss-reactive ketones (excluding diaryl/α,β-unsaturated/α-hetero) is 3. The molecule has 1 saturated heterocycles. The molecule has 40 heavy (non-hydrogen) atoms. The van der Waals surface area contributed by atoms with Crippen LogP contribution in [0.4, 0.5) is 13.2 Å². The zero-order chi connectivity index (χ0) is 29.3. The molecular formula is C27H29F3N2O8. The van der Waals surface area contributed by atoms with Crippen molar-refractivity contribution >= 4 is 17.3 Å². The van der Waals surface area contributed by atoms with E-state index in [1.165, 1.54) is 0 Å². The minimum Gasteiger partial charge on any atom is -0.510 e. The molecule has 216 valence electrons. The number of benzene rings is 1. The smallest absolute Gasteiger partial charge is 0.510 e. The second-order valence-electron chi connectivity index (χ2n) is 10.6. The Morgan fingerprint density at radius 2 is 1.95 bits per heavy atom. The van der Waals surface area contributed by atoms with Crippen LogP contribution in [0.25, 0.3) is 0 Å². The van der Waals surface area contributed by atoms with Gasteiger partial charge >= 0.3 is 6.36 Å². The molecule has 10 nitrogen and oxygen atoms in total. The number of ketones is 3. The summed E-state index contributed by atoms with van der Waals surface area (Å²) in [6.45, 7) is 3.43. The molecule has 1 unspecified atom stereocenters. The summed E-state index contributed by atoms with van der Waals surface area (Å²) in [7, 11) is 0. The monoisotopic (exact) mass is 566 g/mol. The number of aromatic hydroxyl groups is 1. The van der Waals surface area contributed by atoms with Crippen LogP contribution in [0.3, 0.4) is 0 Å². The standard InChI is InChI=1S/C27H29F3N2O8/c1-3-31-20-14-8-11-7-13-19(16(34)9-12(15-5-4-6-32-15)23(13)40-27(28,29)30)21(35)18(11)25(38)26(14,39)24(37)17(10(2)33)22(20)36/h9,11,14-15,20,31-32,34,36,38-39H,3-8H2,1-2H3/t11-,14-,15?,20-,26+/m0/s1. The van der Waals surface area contributed by atoms with Gasteiger partial charge in [-0.3, -0.25) is 14.4 Å². The van der Waals surface area contributed by atoms with Crippen molar-refractivity contribution in [3.8, 4) is 11.5 Å². The molecule has 0 spiro atoms. The molecule has 0 aromatic heterocycles. The number of fused-ring (bicyclic) bond motifs is 3.